The molecule has 0 saturated heterocycles. The molecular weight excluding hydrogens is 353 g/mol. The van der Waals surface area contributed by atoms with Crippen molar-refractivity contribution in [3.05, 3.63) is 90.2 Å². The van der Waals surface area contributed by atoms with E-state index in [9.17, 15) is 12.8 Å². The topological polar surface area (TPSA) is 46.6 Å². The normalized spacial score (nSPS) is 11.2. The number of benzene rings is 3. The third kappa shape index (κ3) is 3.86. The first-order valence-electron chi connectivity index (χ1n) is 7.97. The molecule has 3 aromatic carbocycles. The maximum Gasteiger partial charge on any atom is 0.264 e. The molecule has 0 amide bonds. The molecule has 0 aliphatic carbocycles. The molecule has 0 spiro atoms. The lowest BCUT2D eigenvalue weighted by molar-refractivity contribution is 0.415. The van der Waals surface area contributed by atoms with E-state index in [1.807, 2.05) is 30.3 Å². The Morgan fingerprint density at radius 1 is 0.885 bits per heavy atom. The molecule has 0 aliphatic heterocycles. The van der Waals surface area contributed by atoms with Gasteiger partial charge in [-0.15, -0.1) is 0 Å². The van der Waals surface area contributed by atoms with Crippen LogP contribution >= 0.6 is 0 Å². The Kier molecular flexibility index (Phi) is 5.23. The lowest BCUT2D eigenvalue weighted by Gasteiger charge is -2.25. The summed E-state index contributed by atoms with van der Waals surface area (Å²) in [7, 11) is -2.32. The Hall–Kier alpha value is -2.86. The van der Waals surface area contributed by atoms with E-state index in [0.717, 1.165) is 17.7 Å². The van der Waals surface area contributed by atoms with Crippen LogP contribution in [0.4, 0.5) is 10.1 Å². The zero-order valence-corrected chi connectivity index (χ0v) is 15.0. The maximum atomic E-state index is 13.2. The Bertz CT molecular complexity index is 956. The molecule has 0 radical (unpaired) electrons. The zero-order chi connectivity index (χ0) is 18.6. The van der Waals surface area contributed by atoms with E-state index in [2.05, 4.69) is 0 Å². The summed E-state index contributed by atoms with van der Waals surface area (Å²) < 4.78 is 46.0. The van der Waals surface area contributed by atoms with Crippen LogP contribution in [0.2, 0.25) is 0 Å². The molecule has 0 fully saturated rings. The second-order valence-electron chi connectivity index (χ2n) is 5.65. The number of ether oxygens (including phenoxy) is 1. The Morgan fingerprint density at radius 2 is 1.50 bits per heavy atom. The highest BCUT2D eigenvalue weighted by atomic mass is 32.2. The van der Waals surface area contributed by atoms with Crippen LogP contribution in [0, 0.1) is 5.82 Å². The van der Waals surface area contributed by atoms with Crippen LogP contribution < -0.4 is 9.04 Å². The summed E-state index contributed by atoms with van der Waals surface area (Å²) in [6.45, 7) is 0.160. The van der Waals surface area contributed by atoms with E-state index in [1.165, 1.54) is 16.4 Å². The number of nitrogens with zero attached hydrogens (tertiary/aromatic N) is 1. The highest BCUT2D eigenvalue weighted by Crippen LogP contribution is 2.27. The number of hydrogen-bond donors (Lipinski definition) is 0. The van der Waals surface area contributed by atoms with E-state index in [-0.39, 0.29) is 11.4 Å². The lowest BCUT2D eigenvalue weighted by atomic mass is 10.2. The van der Waals surface area contributed by atoms with Crippen molar-refractivity contribution >= 4 is 15.7 Å². The van der Waals surface area contributed by atoms with E-state index < -0.39 is 15.8 Å². The fourth-order valence-corrected chi connectivity index (χ4v) is 4.00. The van der Waals surface area contributed by atoms with Gasteiger partial charge in [0.25, 0.3) is 10.0 Å². The standard InChI is InChI=1S/C20H18FNO3S/c1-25-19-11-9-18(10-12-19)22(15-16-5-3-2-4-6-16)26(23,24)20-13-7-17(21)8-14-20/h2-14H,15H2,1H3. The molecule has 0 aliphatic rings. The molecule has 134 valence electrons. The number of rotatable bonds is 6. The van der Waals surface area contributed by atoms with Crippen molar-refractivity contribution in [1.29, 1.82) is 0 Å². The largest absolute Gasteiger partial charge is 0.497 e. The van der Waals surface area contributed by atoms with Gasteiger partial charge in [0.1, 0.15) is 11.6 Å². The Balaban J connectivity index is 2.05. The van der Waals surface area contributed by atoms with Gasteiger partial charge in [-0.3, -0.25) is 4.31 Å². The second-order valence-corrected chi connectivity index (χ2v) is 7.51. The van der Waals surface area contributed by atoms with Gasteiger partial charge in [-0.05, 0) is 54.1 Å². The number of methoxy groups -OCH3 is 1. The van der Waals surface area contributed by atoms with Crippen LogP contribution in [0.5, 0.6) is 5.75 Å². The lowest BCUT2D eigenvalue weighted by Crippen LogP contribution is -2.30. The molecule has 26 heavy (non-hydrogen) atoms. The SMILES string of the molecule is COc1ccc(N(Cc2ccccc2)S(=O)(=O)c2ccc(F)cc2)cc1. The molecule has 3 aromatic rings. The van der Waals surface area contributed by atoms with Crippen LogP contribution in [-0.4, -0.2) is 15.5 Å². The minimum absolute atomic E-state index is 0.0330. The van der Waals surface area contributed by atoms with Crippen molar-refractivity contribution in [2.75, 3.05) is 11.4 Å². The fourth-order valence-electron chi connectivity index (χ4n) is 2.55. The summed E-state index contributed by atoms with van der Waals surface area (Å²) >= 11 is 0. The van der Waals surface area contributed by atoms with Crippen LogP contribution in [0.1, 0.15) is 5.56 Å². The molecular formula is C20H18FNO3S. The molecule has 0 aromatic heterocycles. The van der Waals surface area contributed by atoms with Gasteiger partial charge in [-0.25, -0.2) is 12.8 Å². The van der Waals surface area contributed by atoms with Gasteiger partial charge in [0, 0.05) is 0 Å². The second kappa shape index (κ2) is 7.58. The Morgan fingerprint density at radius 3 is 2.08 bits per heavy atom. The molecule has 3 rings (SSSR count). The summed E-state index contributed by atoms with van der Waals surface area (Å²) in [4.78, 5) is 0.0330. The van der Waals surface area contributed by atoms with Gasteiger partial charge < -0.3 is 4.74 Å². The van der Waals surface area contributed by atoms with Crippen LogP contribution in [-0.2, 0) is 16.6 Å². The molecule has 0 saturated carbocycles. The maximum absolute atomic E-state index is 13.2. The molecule has 4 nitrogen and oxygen atoms in total. The summed E-state index contributed by atoms with van der Waals surface area (Å²) in [5.41, 5.74) is 1.34. The summed E-state index contributed by atoms with van der Waals surface area (Å²) in [5, 5.41) is 0. The van der Waals surface area contributed by atoms with Crippen molar-refractivity contribution in [2.24, 2.45) is 0 Å². The molecule has 0 heterocycles. The van der Waals surface area contributed by atoms with Crippen molar-refractivity contribution in [1.82, 2.24) is 0 Å². The molecule has 6 heteroatoms. The predicted octanol–water partition coefficient (Wildman–Crippen LogP) is 4.23. The van der Waals surface area contributed by atoms with Gasteiger partial charge in [0.15, 0.2) is 0 Å². The number of sulfonamides is 1. The average Bonchev–Trinajstić information content (AvgIpc) is 2.67. The monoisotopic (exact) mass is 371 g/mol. The number of halogens is 1. The molecule has 0 bridgehead atoms. The zero-order valence-electron chi connectivity index (χ0n) is 14.2. The van der Waals surface area contributed by atoms with Crippen molar-refractivity contribution in [3.8, 4) is 5.75 Å². The van der Waals surface area contributed by atoms with Gasteiger partial charge in [-0.2, -0.15) is 0 Å². The number of hydrogen-bond acceptors (Lipinski definition) is 3. The first-order chi connectivity index (χ1) is 12.5. The van der Waals surface area contributed by atoms with E-state index in [0.29, 0.717) is 11.4 Å². The average molecular weight is 371 g/mol. The predicted molar refractivity (Wildman–Crippen MR) is 99.2 cm³/mol. The van der Waals surface area contributed by atoms with E-state index >= 15 is 0 Å². The van der Waals surface area contributed by atoms with Crippen molar-refractivity contribution in [3.63, 3.8) is 0 Å². The van der Waals surface area contributed by atoms with Gasteiger partial charge in [-0.1, -0.05) is 30.3 Å². The first kappa shape index (κ1) is 17.9. The highest BCUT2D eigenvalue weighted by molar-refractivity contribution is 7.92. The number of anilines is 1. The van der Waals surface area contributed by atoms with Crippen LogP contribution in [0.15, 0.2) is 83.8 Å². The molecule has 0 atom stereocenters. The van der Waals surface area contributed by atoms with E-state index in [4.69, 9.17) is 4.74 Å². The highest BCUT2D eigenvalue weighted by Gasteiger charge is 2.25. The molecule has 0 unspecified atom stereocenters. The van der Waals surface area contributed by atoms with Crippen LogP contribution in [0.3, 0.4) is 0 Å². The minimum Gasteiger partial charge on any atom is -0.497 e. The van der Waals surface area contributed by atoms with Gasteiger partial charge in [0.2, 0.25) is 0 Å². The molecule has 0 N–H and O–H groups in total. The van der Waals surface area contributed by atoms with Gasteiger partial charge >= 0.3 is 0 Å². The van der Waals surface area contributed by atoms with Crippen LogP contribution in [0.25, 0.3) is 0 Å². The third-order valence-electron chi connectivity index (χ3n) is 3.93. The smallest absolute Gasteiger partial charge is 0.264 e. The van der Waals surface area contributed by atoms with E-state index in [1.54, 1.807) is 31.4 Å². The quantitative estimate of drug-likeness (QED) is 0.651. The summed E-state index contributed by atoms with van der Waals surface area (Å²) in [6.07, 6.45) is 0. The van der Waals surface area contributed by atoms with Gasteiger partial charge in [0.05, 0.1) is 24.2 Å². The fraction of sp³-hybridized carbons (Fsp3) is 0.100. The van der Waals surface area contributed by atoms with Crippen molar-refractivity contribution in [2.45, 2.75) is 11.4 Å². The summed E-state index contributed by atoms with van der Waals surface area (Å²) in [5.74, 6) is 0.149. The van der Waals surface area contributed by atoms with Crippen molar-refractivity contribution < 1.29 is 17.5 Å². The summed E-state index contributed by atoms with van der Waals surface area (Å²) in [6, 6.07) is 20.9. The first-order valence-corrected chi connectivity index (χ1v) is 9.41. The minimum atomic E-state index is -3.86. The Labute approximate surface area is 152 Å². The third-order valence-corrected chi connectivity index (χ3v) is 5.72.